The van der Waals surface area contributed by atoms with E-state index in [9.17, 15) is 4.79 Å². The van der Waals surface area contributed by atoms with Gasteiger partial charge in [-0.15, -0.1) is 0 Å². The SMILES string of the molecule is Cc1cc2c(cc1C)C(=O)N(CCC(C)(N)CCc1ccsc1)C2. The minimum absolute atomic E-state index is 0.154. The van der Waals surface area contributed by atoms with Crippen molar-refractivity contribution in [3.63, 3.8) is 0 Å². The molecule has 0 saturated carbocycles. The van der Waals surface area contributed by atoms with Crippen molar-refractivity contribution in [2.75, 3.05) is 6.54 Å². The van der Waals surface area contributed by atoms with Crippen LogP contribution in [0.15, 0.2) is 29.0 Å². The number of amides is 1. The van der Waals surface area contributed by atoms with Crippen molar-refractivity contribution >= 4 is 17.2 Å². The van der Waals surface area contributed by atoms with Gasteiger partial charge in [-0.1, -0.05) is 6.07 Å². The molecule has 1 amide bonds. The van der Waals surface area contributed by atoms with Crippen LogP contribution in [0.3, 0.4) is 0 Å². The van der Waals surface area contributed by atoms with Gasteiger partial charge in [-0.05, 0) is 85.2 Å². The lowest BCUT2D eigenvalue weighted by Gasteiger charge is -2.27. The van der Waals surface area contributed by atoms with Crippen molar-refractivity contribution in [3.05, 3.63) is 56.8 Å². The first-order chi connectivity index (χ1) is 11.4. The van der Waals surface area contributed by atoms with Gasteiger partial charge in [0.15, 0.2) is 0 Å². The molecule has 3 nitrogen and oxygen atoms in total. The molecule has 1 unspecified atom stereocenters. The number of carbonyl (C=O) groups is 1. The largest absolute Gasteiger partial charge is 0.334 e. The molecule has 1 aromatic carbocycles. The van der Waals surface area contributed by atoms with Crippen LogP contribution in [0.4, 0.5) is 0 Å². The summed E-state index contributed by atoms with van der Waals surface area (Å²) in [6.45, 7) is 7.70. The van der Waals surface area contributed by atoms with E-state index in [-0.39, 0.29) is 11.4 Å². The van der Waals surface area contributed by atoms with Gasteiger partial charge in [0.05, 0.1) is 0 Å². The Morgan fingerprint density at radius 2 is 2.00 bits per heavy atom. The van der Waals surface area contributed by atoms with Gasteiger partial charge in [-0.3, -0.25) is 4.79 Å². The molecule has 2 heterocycles. The molecule has 2 N–H and O–H groups in total. The molecule has 0 saturated heterocycles. The third-order valence-electron chi connectivity index (χ3n) is 5.12. The minimum Gasteiger partial charge on any atom is -0.334 e. The maximum absolute atomic E-state index is 12.6. The highest BCUT2D eigenvalue weighted by Gasteiger charge is 2.29. The summed E-state index contributed by atoms with van der Waals surface area (Å²) in [5, 5.41) is 4.29. The first-order valence-electron chi connectivity index (χ1n) is 8.55. The molecule has 0 radical (unpaired) electrons. The van der Waals surface area contributed by atoms with Crippen molar-refractivity contribution < 1.29 is 4.79 Å². The predicted octanol–water partition coefficient (Wildman–Crippen LogP) is 4.06. The molecule has 1 aromatic heterocycles. The van der Waals surface area contributed by atoms with Crippen LogP contribution in [-0.2, 0) is 13.0 Å². The lowest BCUT2D eigenvalue weighted by molar-refractivity contribution is 0.0766. The summed E-state index contributed by atoms with van der Waals surface area (Å²) in [5.41, 5.74) is 12.0. The summed E-state index contributed by atoms with van der Waals surface area (Å²) >= 11 is 1.73. The molecule has 1 aliphatic heterocycles. The van der Waals surface area contributed by atoms with Crippen LogP contribution >= 0.6 is 11.3 Å². The highest BCUT2D eigenvalue weighted by atomic mass is 32.1. The van der Waals surface area contributed by atoms with E-state index in [0.29, 0.717) is 0 Å². The number of nitrogens with zero attached hydrogens (tertiary/aromatic N) is 1. The highest BCUT2D eigenvalue weighted by Crippen LogP contribution is 2.27. The number of benzene rings is 1. The standard InChI is InChI=1S/C20H26N2OS/c1-14-10-17-12-22(19(23)18(17)11-15(14)2)8-7-20(3,21)6-4-16-5-9-24-13-16/h5,9-11,13H,4,6-8,12,21H2,1-3H3. The lowest BCUT2D eigenvalue weighted by atomic mass is 9.91. The average molecular weight is 343 g/mol. The number of carbonyl (C=O) groups excluding carboxylic acids is 1. The quantitative estimate of drug-likeness (QED) is 0.860. The Bertz CT molecular complexity index is 734. The lowest BCUT2D eigenvalue weighted by Crippen LogP contribution is -2.40. The number of rotatable bonds is 6. The maximum atomic E-state index is 12.6. The summed E-state index contributed by atoms with van der Waals surface area (Å²) < 4.78 is 0. The number of thiophene rings is 1. The summed E-state index contributed by atoms with van der Waals surface area (Å²) in [4.78, 5) is 14.6. The van der Waals surface area contributed by atoms with Crippen molar-refractivity contribution in [1.82, 2.24) is 4.90 Å². The van der Waals surface area contributed by atoms with E-state index in [0.717, 1.165) is 43.5 Å². The number of hydrogen-bond acceptors (Lipinski definition) is 3. The van der Waals surface area contributed by atoms with Gasteiger partial charge in [0.25, 0.3) is 5.91 Å². The van der Waals surface area contributed by atoms with Crippen LogP contribution in [0.5, 0.6) is 0 Å². The van der Waals surface area contributed by atoms with Crippen LogP contribution in [0.1, 0.15) is 52.4 Å². The first-order valence-corrected chi connectivity index (χ1v) is 9.49. The zero-order chi connectivity index (χ0) is 17.3. The number of fused-ring (bicyclic) bond motifs is 1. The number of nitrogens with two attached hydrogens (primary N) is 1. The van der Waals surface area contributed by atoms with Gasteiger partial charge in [0, 0.05) is 24.2 Å². The molecule has 0 fully saturated rings. The molecule has 4 heteroatoms. The fraction of sp³-hybridized carbons (Fsp3) is 0.450. The maximum Gasteiger partial charge on any atom is 0.254 e. The average Bonchev–Trinajstić information content (AvgIpc) is 3.14. The summed E-state index contributed by atoms with van der Waals surface area (Å²) in [5.74, 6) is 0.154. The fourth-order valence-corrected chi connectivity index (χ4v) is 3.92. The van der Waals surface area contributed by atoms with Crippen LogP contribution in [0.2, 0.25) is 0 Å². The van der Waals surface area contributed by atoms with Crippen molar-refractivity contribution in [1.29, 1.82) is 0 Å². The zero-order valence-electron chi connectivity index (χ0n) is 14.8. The normalized spacial score (nSPS) is 16.3. The molecule has 0 bridgehead atoms. The second kappa shape index (κ2) is 6.69. The Labute approximate surface area is 148 Å². The van der Waals surface area contributed by atoms with Crippen molar-refractivity contribution in [2.45, 2.75) is 52.1 Å². The Kier molecular flexibility index (Phi) is 4.79. The molecular formula is C20H26N2OS. The topological polar surface area (TPSA) is 46.3 Å². The van der Waals surface area contributed by atoms with E-state index in [4.69, 9.17) is 5.73 Å². The van der Waals surface area contributed by atoms with E-state index >= 15 is 0 Å². The molecule has 0 spiro atoms. The summed E-state index contributed by atoms with van der Waals surface area (Å²) in [7, 11) is 0. The van der Waals surface area contributed by atoms with Crippen LogP contribution in [0.25, 0.3) is 0 Å². The molecule has 2 aromatic rings. The predicted molar refractivity (Wildman–Crippen MR) is 101 cm³/mol. The van der Waals surface area contributed by atoms with Gasteiger partial charge >= 0.3 is 0 Å². The smallest absolute Gasteiger partial charge is 0.254 e. The first kappa shape index (κ1) is 17.2. The van der Waals surface area contributed by atoms with Gasteiger partial charge < -0.3 is 10.6 Å². The Balaban J connectivity index is 1.58. The van der Waals surface area contributed by atoms with E-state index < -0.39 is 0 Å². The zero-order valence-corrected chi connectivity index (χ0v) is 15.6. The molecule has 128 valence electrons. The van der Waals surface area contributed by atoms with Gasteiger partial charge in [-0.25, -0.2) is 0 Å². The van der Waals surface area contributed by atoms with Gasteiger partial charge in [-0.2, -0.15) is 11.3 Å². The van der Waals surface area contributed by atoms with Gasteiger partial charge in [0.2, 0.25) is 0 Å². The fourth-order valence-electron chi connectivity index (χ4n) is 3.21. The third-order valence-corrected chi connectivity index (χ3v) is 5.85. The third kappa shape index (κ3) is 3.70. The number of aryl methyl sites for hydroxylation is 3. The molecule has 1 atom stereocenters. The monoisotopic (exact) mass is 342 g/mol. The Morgan fingerprint density at radius 3 is 2.71 bits per heavy atom. The molecular weight excluding hydrogens is 316 g/mol. The van der Waals surface area contributed by atoms with E-state index in [1.54, 1.807) is 11.3 Å². The van der Waals surface area contributed by atoms with E-state index in [1.165, 1.54) is 16.7 Å². The molecule has 3 rings (SSSR count). The molecule has 24 heavy (non-hydrogen) atoms. The van der Waals surface area contributed by atoms with Crippen molar-refractivity contribution in [3.8, 4) is 0 Å². The van der Waals surface area contributed by atoms with Crippen LogP contribution in [-0.4, -0.2) is 22.9 Å². The summed E-state index contributed by atoms with van der Waals surface area (Å²) in [6.07, 6.45) is 2.77. The second-order valence-corrected chi connectivity index (χ2v) is 8.14. The number of hydrogen-bond donors (Lipinski definition) is 1. The van der Waals surface area contributed by atoms with Crippen LogP contribution in [0, 0.1) is 13.8 Å². The Morgan fingerprint density at radius 1 is 1.25 bits per heavy atom. The Hall–Kier alpha value is -1.65. The van der Waals surface area contributed by atoms with E-state index in [2.05, 4.69) is 43.7 Å². The minimum atomic E-state index is -0.247. The van der Waals surface area contributed by atoms with Crippen molar-refractivity contribution in [2.24, 2.45) is 5.73 Å². The molecule has 0 aliphatic carbocycles. The highest BCUT2D eigenvalue weighted by molar-refractivity contribution is 7.07. The van der Waals surface area contributed by atoms with Crippen LogP contribution < -0.4 is 5.73 Å². The van der Waals surface area contributed by atoms with E-state index in [1.807, 2.05) is 11.0 Å². The second-order valence-electron chi connectivity index (χ2n) is 7.36. The van der Waals surface area contributed by atoms with Gasteiger partial charge in [0.1, 0.15) is 0 Å². The molecule has 1 aliphatic rings. The summed E-state index contributed by atoms with van der Waals surface area (Å²) in [6, 6.07) is 6.35.